The minimum Gasteiger partial charge on any atom is -0.449 e. The van der Waals surface area contributed by atoms with Gasteiger partial charge in [-0.15, -0.1) is 0 Å². The highest BCUT2D eigenvalue weighted by atomic mass is 19.4. The lowest BCUT2D eigenvalue weighted by Gasteiger charge is -2.34. The van der Waals surface area contributed by atoms with Crippen molar-refractivity contribution in [3.63, 3.8) is 0 Å². The number of halogens is 3. The van der Waals surface area contributed by atoms with Gasteiger partial charge in [-0.05, 0) is 23.8 Å². The number of hydrogen-bond donors (Lipinski definition) is 1. The van der Waals surface area contributed by atoms with Crippen LogP contribution in [0, 0.1) is 11.3 Å². The van der Waals surface area contributed by atoms with Crippen LogP contribution in [0.3, 0.4) is 0 Å². The van der Waals surface area contributed by atoms with Gasteiger partial charge in [0.15, 0.2) is 0 Å². The summed E-state index contributed by atoms with van der Waals surface area (Å²) in [5, 5.41) is 8.81. The van der Waals surface area contributed by atoms with Gasteiger partial charge < -0.3 is 19.5 Å². The molecule has 0 bridgehead atoms. The van der Waals surface area contributed by atoms with Gasteiger partial charge in [0.1, 0.15) is 17.5 Å². The number of nitrogens with one attached hydrogen (secondary N) is 1. The fourth-order valence-electron chi connectivity index (χ4n) is 2.99. The zero-order valence-electron chi connectivity index (χ0n) is 15.8. The highest BCUT2D eigenvalue weighted by Crippen LogP contribution is 2.26. The molecule has 3 heterocycles. The molecule has 8 nitrogen and oxygen atoms in total. The van der Waals surface area contributed by atoms with Crippen LogP contribution in [0.5, 0.6) is 0 Å². The van der Waals surface area contributed by atoms with Crippen molar-refractivity contribution in [3.8, 4) is 6.07 Å². The van der Waals surface area contributed by atoms with Crippen LogP contribution in [0.25, 0.3) is 0 Å². The summed E-state index contributed by atoms with van der Waals surface area (Å²) < 4.78 is 43.5. The second-order valence-corrected chi connectivity index (χ2v) is 6.60. The third kappa shape index (κ3) is 5.08. The standard InChI is InChI=1S/C19H18F3N5O3/c20-19(21,22)15-9-13(11-25-17(15)28)3-8-30-18(29)27-6-4-26(5-7-27)16-2-1-14(10-23)12-24-16/h1-2,9,11-12H,3-8H2,(H,25,28). The molecule has 0 unspecified atom stereocenters. The quantitative estimate of drug-likeness (QED) is 0.812. The Morgan fingerprint density at radius 1 is 1.27 bits per heavy atom. The minimum atomic E-state index is -4.75. The molecular weight excluding hydrogens is 403 g/mol. The second kappa shape index (κ2) is 8.86. The molecule has 1 aliphatic heterocycles. The number of carbonyl (C=O) groups is 1. The molecule has 1 fully saturated rings. The summed E-state index contributed by atoms with van der Waals surface area (Å²) in [4.78, 5) is 33.2. The number of nitrogens with zero attached hydrogens (tertiary/aromatic N) is 4. The Labute approximate surface area is 169 Å². The first-order valence-corrected chi connectivity index (χ1v) is 9.09. The first-order valence-electron chi connectivity index (χ1n) is 9.09. The van der Waals surface area contributed by atoms with E-state index in [-0.39, 0.29) is 18.6 Å². The summed E-state index contributed by atoms with van der Waals surface area (Å²) in [7, 11) is 0. The first kappa shape index (κ1) is 21.2. The van der Waals surface area contributed by atoms with E-state index in [0.717, 1.165) is 6.07 Å². The number of pyridine rings is 2. The van der Waals surface area contributed by atoms with E-state index in [4.69, 9.17) is 10.00 Å². The number of aromatic amines is 1. The number of ether oxygens (including phenoxy) is 1. The molecule has 0 atom stereocenters. The average Bonchev–Trinajstić information content (AvgIpc) is 2.74. The Hall–Kier alpha value is -3.55. The highest BCUT2D eigenvalue weighted by Gasteiger charge is 2.34. The van der Waals surface area contributed by atoms with Crippen molar-refractivity contribution in [3.05, 3.63) is 57.6 Å². The number of rotatable bonds is 4. The predicted molar refractivity (Wildman–Crippen MR) is 99.9 cm³/mol. The minimum absolute atomic E-state index is 0.0424. The molecule has 1 aliphatic rings. The molecule has 3 rings (SSSR count). The number of alkyl halides is 3. The van der Waals surface area contributed by atoms with Gasteiger partial charge in [-0.1, -0.05) is 0 Å². The lowest BCUT2D eigenvalue weighted by molar-refractivity contribution is -0.138. The molecule has 0 aromatic carbocycles. The molecule has 0 spiro atoms. The van der Waals surface area contributed by atoms with Crippen LogP contribution in [0.15, 0.2) is 35.4 Å². The highest BCUT2D eigenvalue weighted by molar-refractivity contribution is 5.68. The summed E-state index contributed by atoms with van der Waals surface area (Å²) in [6, 6.07) is 6.17. The second-order valence-electron chi connectivity index (χ2n) is 6.60. The maximum atomic E-state index is 12.8. The van der Waals surface area contributed by atoms with E-state index >= 15 is 0 Å². The number of anilines is 1. The predicted octanol–water partition coefficient (Wildman–Crippen LogP) is 2.16. The number of amides is 1. The number of nitriles is 1. The molecule has 2 aromatic heterocycles. The largest absolute Gasteiger partial charge is 0.449 e. The summed E-state index contributed by atoms with van der Waals surface area (Å²) in [5.41, 5.74) is -1.81. The van der Waals surface area contributed by atoms with Crippen molar-refractivity contribution in [1.29, 1.82) is 5.26 Å². The van der Waals surface area contributed by atoms with Gasteiger partial charge in [0.05, 0.1) is 12.2 Å². The number of H-pyrrole nitrogens is 1. The van der Waals surface area contributed by atoms with Crippen LogP contribution in [0.4, 0.5) is 23.8 Å². The van der Waals surface area contributed by atoms with E-state index in [1.807, 2.05) is 16.0 Å². The maximum Gasteiger partial charge on any atom is 0.421 e. The Balaban J connectivity index is 1.47. The van der Waals surface area contributed by atoms with Gasteiger partial charge in [-0.2, -0.15) is 18.4 Å². The van der Waals surface area contributed by atoms with Crippen molar-refractivity contribution in [2.75, 3.05) is 37.7 Å². The molecule has 2 aromatic rings. The van der Waals surface area contributed by atoms with Gasteiger partial charge in [-0.25, -0.2) is 9.78 Å². The van der Waals surface area contributed by atoms with E-state index < -0.39 is 23.4 Å². The number of piperazine rings is 1. The van der Waals surface area contributed by atoms with Gasteiger partial charge in [0.2, 0.25) is 0 Å². The summed E-state index contributed by atoms with van der Waals surface area (Å²) in [5.74, 6) is 0.709. The smallest absolute Gasteiger partial charge is 0.421 e. The Morgan fingerprint density at radius 3 is 2.60 bits per heavy atom. The van der Waals surface area contributed by atoms with Crippen LogP contribution < -0.4 is 10.5 Å². The summed E-state index contributed by atoms with van der Waals surface area (Å²) in [6.07, 6.45) is -2.60. The Morgan fingerprint density at radius 2 is 2.00 bits per heavy atom. The summed E-state index contributed by atoms with van der Waals surface area (Å²) >= 11 is 0. The molecule has 30 heavy (non-hydrogen) atoms. The topological polar surface area (TPSA) is 102 Å². The monoisotopic (exact) mass is 421 g/mol. The first-order chi connectivity index (χ1) is 14.3. The molecule has 1 N–H and O–H groups in total. The van der Waals surface area contributed by atoms with E-state index in [1.54, 1.807) is 12.1 Å². The van der Waals surface area contributed by atoms with Crippen molar-refractivity contribution in [1.82, 2.24) is 14.9 Å². The number of hydrogen-bond acceptors (Lipinski definition) is 6. The molecule has 158 valence electrons. The fourth-order valence-corrected chi connectivity index (χ4v) is 2.99. The van der Waals surface area contributed by atoms with Crippen LogP contribution >= 0.6 is 0 Å². The molecule has 1 amide bonds. The van der Waals surface area contributed by atoms with E-state index in [2.05, 4.69) is 4.98 Å². The number of carbonyl (C=O) groups excluding carboxylic acids is 1. The van der Waals surface area contributed by atoms with Crippen LogP contribution in [0.2, 0.25) is 0 Å². The summed E-state index contributed by atoms with van der Waals surface area (Å²) in [6.45, 7) is 1.75. The van der Waals surface area contributed by atoms with Crippen LogP contribution in [-0.2, 0) is 17.3 Å². The maximum absolute atomic E-state index is 12.8. The van der Waals surface area contributed by atoms with E-state index in [1.165, 1.54) is 17.3 Å². The normalized spacial score (nSPS) is 14.3. The fraction of sp³-hybridized carbons (Fsp3) is 0.368. The zero-order valence-corrected chi connectivity index (χ0v) is 15.8. The van der Waals surface area contributed by atoms with E-state index in [9.17, 15) is 22.8 Å². The molecule has 0 radical (unpaired) electrons. The number of aromatic nitrogens is 2. The van der Waals surface area contributed by atoms with Crippen molar-refractivity contribution in [2.24, 2.45) is 0 Å². The third-order valence-electron chi connectivity index (χ3n) is 4.62. The van der Waals surface area contributed by atoms with Crippen LogP contribution in [-0.4, -0.2) is 53.7 Å². The van der Waals surface area contributed by atoms with Gasteiger partial charge in [0, 0.05) is 45.0 Å². The average molecular weight is 421 g/mol. The lowest BCUT2D eigenvalue weighted by atomic mass is 10.1. The third-order valence-corrected chi connectivity index (χ3v) is 4.62. The van der Waals surface area contributed by atoms with Crippen molar-refractivity contribution < 1.29 is 22.7 Å². The zero-order chi connectivity index (χ0) is 21.7. The van der Waals surface area contributed by atoms with Crippen LogP contribution in [0.1, 0.15) is 16.7 Å². The van der Waals surface area contributed by atoms with Gasteiger partial charge >= 0.3 is 12.3 Å². The Kier molecular flexibility index (Phi) is 6.25. The molecule has 11 heteroatoms. The molecular formula is C19H18F3N5O3. The SMILES string of the molecule is N#Cc1ccc(N2CCN(C(=O)OCCc3c[nH]c(=O)c(C(F)(F)F)c3)CC2)nc1. The molecule has 1 saturated heterocycles. The van der Waals surface area contributed by atoms with E-state index in [0.29, 0.717) is 37.6 Å². The molecule has 0 aliphatic carbocycles. The Bertz CT molecular complexity index is 990. The van der Waals surface area contributed by atoms with Crippen molar-refractivity contribution in [2.45, 2.75) is 12.6 Å². The van der Waals surface area contributed by atoms with Gasteiger partial charge in [0.25, 0.3) is 5.56 Å². The van der Waals surface area contributed by atoms with Gasteiger partial charge in [-0.3, -0.25) is 4.79 Å². The lowest BCUT2D eigenvalue weighted by Crippen LogP contribution is -2.49. The van der Waals surface area contributed by atoms with Crippen molar-refractivity contribution >= 4 is 11.9 Å². The molecule has 0 saturated carbocycles.